The third-order valence-electron chi connectivity index (χ3n) is 2.97. The number of nitrogens with one attached hydrogen (secondary N) is 1. The Kier molecular flexibility index (Phi) is 6.12. The number of methoxy groups -OCH3 is 1. The van der Waals surface area contributed by atoms with E-state index in [9.17, 15) is 0 Å². The second kappa shape index (κ2) is 7.36. The maximum atomic E-state index is 8.97. The van der Waals surface area contributed by atoms with Crippen LogP contribution in [0.1, 0.15) is 16.7 Å². The summed E-state index contributed by atoms with van der Waals surface area (Å²) in [6.45, 7) is 4.69. The van der Waals surface area contributed by atoms with Crippen molar-refractivity contribution >= 4 is 0 Å². The van der Waals surface area contributed by atoms with Crippen molar-refractivity contribution < 1.29 is 14.9 Å². The van der Waals surface area contributed by atoms with Crippen molar-refractivity contribution in [2.75, 3.05) is 26.9 Å². The largest absolute Gasteiger partial charge is 0.496 e. The molecule has 0 aliphatic rings. The van der Waals surface area contributed by atoms with Gasteiger partial charge in [0.1, 0.15) is 5.75 Å². The third kappa shape index (κ3) is 3.98. The Morgan fingerprint density at radius 1 is 1.22 bits per heavy atom. The number of hydrogen-bond donors (Lipinski definition) is 3. The highest BCUT2D eigenvalue weighted by atomic mass is 16.5. The minimum Gasteiger partial charge on any atom is -0.496 e. The summed E-state index contributed by atoms with van der Waals surface area (Å²) in [5.74, 6) is 0.923. The van der Waals surface area contributed by atoms with Gasteiger partial charge in [-0.2, -0.15) is 0 Å². The lowest BCUT2D eigenvalue weighted by atomic mass is 10.0. The van der Waals surface area contributed by atoms with Gasteiger partial charge >= 0.3 is 0 Å². The average Bonchev–Trinajstić information content (AvgIpc) is 2.34. The molecule has 1 aromatic carbocycles. The fraction of sp³-hybridized carbons (Fsp3) is 0.571. The molecule has 3 N–H and O–H groups in total. The lowest BCUT2D eigenvalue weighted by Crippen LogP contribution is -2.36. The zero-order chi connectivity index (χ0) is 13.5. The van der Waals surface area contributed by atoms with Crippen LogP contribution in [0.15, 0.2) is 12.1 Å². The van der Waals surface area contributed by atoms with Gasteiger partial charge in [-0.3, -0.25) is 0 Å². The van der Waals surface area contributed by atoms with Gasteiger partial charge in [0.2, 0.25) is 0 Å². The van der Waals surface area contributed by atoms with E-state index in [-0.39, 0.29) is 19.3 Å². The van der Waals surface area contributed by atoms with Crippen LogP contribution in [0, 0.1) is 13.8 Å². The van der Waals surface area contributed by atoms with Crippen LogP contribution in [0.4, 0.5) is 0 Å². The Balaban J connectivity index is 2.66. The van der Waals surface area contributed by atoms with Gasteiger partial charge in [-0.25, -0.2) is 0 Å². The van der Waals surface area contributed by atoms with E-state index in [1.165, 1.54) is 5.56 Å². The van der Waals surface area contributed by atoms with Gasteiger partial charge in [-0.1, -0.05) is 17.7 Å². The van der Waals surface area contributed by atoms with E-state index in [4.69, 9.17) is 14.9 Å². The molecule has 1 rings (SSSR count). The van der Waals surface area contributed by atoms with Crippen molar-refractivity contribution in [3.8, 4) is 5.75 Å². The summed E-state index contributed by atoms with van der Waals surface area (Å²) in [6.07, 6.45) is 0.808. The number of benzene rings is 1. The standard InChI is InChI=1S/C14H23NO3/c1-10-6-11(2)14(18-3)12(7-10)4-5-15-13(8-16)9-17/h6-7,13,15-17H,4-5,8-9H2,1-3H3. The fourth-order valence-corrected chi connectivity index (χ4v) is 2.12. The lowest BCUT2D eigenvalue weighted by Gasteiger charge is -2.16. The van der Waals surface area contributed by atoms with E-state index in [0.29, 0.717) is 6.54 Å². The molecule has 0 aromatic heterocycles. The van der Waals surface area contributed by atoms with Crippen LogP contribution < -0.4 is 10.1 Å². The first kappa shape index (κ1) is 15.0. The maximum absolute atomic E-state index is 8.97. The molecular weight excluding hydrogens is 230 g/mol. The number of aryl methyl sites for hydroxylation is 2. The Labute approximate surface area is 109 Å². The molecule has 102 valence electrons. The smallest absolute Gasteiger partial charge is 0.125 e. The summed E-state index contributed by atoms with van der Waals surface area (Å²) in [6, 6.07) is 3.96. The highest BCUT2D eigenvalue weighted by Gasteiger charge is 2.09. The fourth-order valence-electron chi connectivity index (χ4n) is 2.12. The first-order valence-electron chi connectivity index (χ1n) is 6.21. The molecule has 0 amide bonds. The van der Waals surface area contributed by atoms with Crippen LogP contribution in [0.2, 0.25) is 0 Å². The molecule has 0 saturated carbocycles. The second-order valence-corrected chi connectivity index (χ2v) is 4.54. The first-order valence-corrected chi connectivity index (χ1v) is 6.21. The van der Waals surface area contributed by atoms with Crippen LogP contribution in [0.3, 0.4) is 0 Å². The summed E-state index contributed by atoms with van der Waals surface area (Å²) in [5.41, 5.74) is 3.50. The SMILES string of the molecule is COc1c(C)cc(C)cc1CCNC(CO)CO. The molecule has 0 atom stereocenters. The van der Waals surface area contributed by atoms with E-state index < -0.39 is 0 Å². The number of ether oxygens (including phenoxy) is 1. The number of rotatable bonds is 7. The van der Waals surface area contributed by atoms with Gasteiger partial charge in [-0.05, 0) is 37.9 Å². The second-order valence-electron chi connectivity index (χ2n) is 4.54. The summed E-state index contributed by atoms with van der Waals surface area (Å²) < 4.78 is 5.41. The molecule has 0 bridgehead atoms. The van der Waals surface area contributed by atoms with Gasteiger partial charge in [0.15, 0.2) is 0 Å². The number of aliphatic hydroxyl groups excluding tert-OH is 2. The quantitative estimate of drug-likeness (QED) is 0.672. The molecule has 18 heavy (non-hydrogen) atoms. The molecular formula is C14H23NO3. The normalized spacial score (nSPS) is 11.0. The van der Waals surface area contributed by atoms with Crippen LogP contribution in [-0.4, -0.2) is 43.1 Å². The van der Waals surface area contributed by atoms with Crippen molar-refractivity contribution in [3.05, 3.63) is 28.8 Å². The van der Waals surface area contributed by atoms with E-state index >= 15 is 0 Å². The summed E-state index contributed by atoms with van der Waals surface area (Å²) in [4.78, 5) is 0. The molecule has 4 heteroatoms. The summed E-state index contributed by atoms with van der Waals surface area (Å²) in [5, 5.41) is 21.0. The molecule has 0 spiro atoms. The van der Waals surface area contributed by atoms with Gasteiger partial charge in [0.05, 0.1) is 26.4 Å². The predicted molar refractivity (Wildman–Crippen MR) is 72.1 cm³/mol. The lowest BCUT2D eigenvalue weighted by molar-refractivity contribution is 0.171. The van der Waals surface area contributed by atoms with E-state index in [0.717, 1.165) is 23.3 Å². The molecule has 0 radical (unpaired) electrons. The average molecular weight is 253 g/mol. The van der Waals surface area contributed by atoms with E-state index in [1.54, 1.807) is 7.11 Å². The van der Waals surface area contributed by atoms with Gasteiger partial charge in [-0.15, -0.1) is 0 Å². The van der Waals surface area contributed by atoms with Crippen molar-refractivity contribution in [1.82, 2.24) is 5.32 Å². The topological polar surface area (TPSA) is 61.7 Å². The van der Waals surface area contributed by atoms with Crippen molar-refractivity contribution in [3.63, 3.8) is 0 Å². The van der Waals surface area contributed by atoms with Gasteiger partial charge in [0.25, 0.3) is 0 Å². The zero-order valence-corrected chi connectivity index (χ0v) is 11.4. The van der Waals surface area contributed by atoms with Crippen LogP contribution in [-0.2, 0) is 6.42 Å². The van der Waals surface area contributed by atoms with Gasteiger partial charge < -0.3 is 20.3 Å². The monoisotopic (exact) mass is 253 g/mol. The number of aliphatic hydroxyl groups is 2. The van der Waals surface area contributed by atoms with Crippen molar-refractivity contribution in [1.29, 1.82) is 0 Å². The molecule has 0 fully saturated rings. The predicted octanol–water partition coefficient (Wildman–Crippen LogP) is 0.797. The molecule has 0 aliphatic carbocycles. The minimum atomic E-state index is -0.248. The number of hydrogen-bond acceptors (Lipinski definition) is 4. The molecule has 0 heterocycles. The van der Waals surface area contributed by atoms with Crippen LogP contribution in [0.5, 0.6) is 5.75 Å². The summed E-state index contributed by atoms with van der Waals surface area (Å²) in [7, 11) is 1.68. The highest BCUT2D eigenvalue weighted by Crippen LogP contribution is 2.25. The first-order chi connectivity index (χ1) is 8.62. The molecule has 0 unspecified atom stereocenters. The van der Waals surface area contributed by atoms with Gasteiger partial charge in [0, 0.05) is 0 Å². The Morgan fingerprint density at radius 2 is 1.89 bits per heavy atom. The van der Waals surface area contributed by atoms with Crippen molar-refractivity contribution in [2.24, 2.45) is 0 Å². The van der Waals surface area contributed by atoms with E-state index in [2.05, 4.69) is 24.4 Å². The zero-order valence-electron chi connectivity index (χ0n) is 11.4. The Morgan fingerprint density at radius 3 is 2.44 bits per heavy atom. The van der Waals surface area contributed by atoms with Crippen molar-refractivity contribution in [2.45, 2.75) is 26.3 Å². The molecule has 4 nitrogen and oxygen atoms in total. The molecule has 1 aromatic rings. The Bertz CT molecular complexity index is 376. The minimum absolute atomic E-state index is 0.0551. The summed E-state index contributed by atoms with van der Waals surface area (Å²) >= 11 is 0. The maximum Gasteiger partial charge on any atom is 0.125 e. The molecule has 0 aliphatic heterocycles. The third-order valence-corrected chi connectivity index (χ3v) is 2.97. The molecule has 0 saturated heterocycles. The van der Waals surface area contributed by atoms with E-state index in [1.807, 2.05) is 6.92 Å². The van der Waals surface area contributed by atoms with Crippen LogP contribution in [0.25, 0.3) is 0 Å². The Hall–Kier alpha value is -1.10. The highest BCUT2D eigenvalue weighted by molar-refractivity contribution is 5.43. The van der Waals surface area contributed by atoms with Crippen LogP contribution >= 0.6 is 0 Å².